The quantitative estimate of drug-likeness (QED) is 0.0277. The Morgan fingerprint density at radius 1 is 0.600 bits per heavy atom. The molecule has 1 unspecified atom stereocenters. The molecule has 0 aromatic carbocycles. The molecule has 0 aliphatic carbocycles. The number of nitrogens with two attached hydrogens (primary N) is 1. The maximum atomic E-state index is 12.5. The Balaban J connectivity index is 4.20. The van der Waals surface area contributed by atoms with E-state index >= 15 is 0 Å². The van der Waals surface area contributed by atoms with Crippen molar-refractivity contribution in [2.24, 2.45) is 5.73 Å². The van der Waals surface area contributed by atoms with Crippen LogP contribution in [0.2, 0.25) is 0 Å². The van der Waals surface area contributed by atoms with Crippen molar-refractivity contribution >= 4 is 19.8 Å². The van der Waals surface area contributed by atoms with Crippen molar-refractivity contribution in [1.29, 1.82) is 0 Å². The number of unbranched alkanes of at least 4 members (excludes halogenated alkanes) is 18. The zero-order valence-corrected chi connectivity index (χ0v) is 32.8. The van der Waals surface area contributed by atoms with Crippen LogP contribution in [0.15, 0.2) is 36.5 Å². The smallest absolute Gasteiger partial charge is 0.462 e. The monoisotopic (exact) mass is 728 g/mol. The molecule has 0 aliphatic rings. The molecule has 0 spiro atoms. The lowest BCUT2D eigenvalue weighted by Gasteiger charge is -2.19. The lowest BCUT2D eigenvalue weighted by Crippen LogP contribution is -2.29. The maximum absolute atomic E-state index is 12.5. The van der Waals surface area contributed by atoms with Gasteiger partial charge < -0.3 is 20.1 Å². The number of ether oxygens (including phenoxy) is 2. The van der Waals surface area contributed by atoms with Crippen LogP contribution in [0.3, 0.4) is 0 Å². The topological polar surface area (TPSA) is 134 Å². The molecule has 0 amide bonds. The van der Waals surface area contributed by atoms with Gasteiger partial charge in [-0.1, -0.05) is 127 Å². The Kier molecular flexibility index (Phi) is 35.7. The fraction of sp³-hybridized carbons (Fsp3) is 0.800. The zero-order chi connectivity index (χ0) is 36.8. The summed E-state index contributed by atoms with van der Waals surface area (Å²) in [7, 11) is -4.37. The van der Waals surface area contributed by atoms with Gasteiger partial charge in [0.1, 0.15) is 6.61 Å². The van der Waals surface area contributed by atoms with E-state index in [0.29, 0.717) is 6.42 Å². The molecule has 10 heteroatoms. The molecule has 0 saturated carbocycles. The van der Waals surface area contributed by atoms with Crippen LogP contribution in [0.4, 0.5) is 0 Å². The summed E-state index contributed by atoms with van der Waals surface area (Å²) in [4.78, 5) is 34.7. The number of esters is 2. The summed E-state index contributed by atoms with van der Waals surface area (Å²) >= 11 is 0. The van der Waals surface area contributed by atoms with Crippen molar-refractivity contribution < 1.29 is 37.6 Å². The molecule has 50 heavy (non-hydrogen) atoms. The van der Waals surface area contributed by atoms with Crippen LogP contribution in [-0.4, -0.2) is 49.3 Å². The number of hydrogen-bond donors (Lipinski definition) is 2. The van der Waals surface area contributed by atoms with Gasteiger partial charge in [0.05, 0.1) is 13.2 Å². The van der Waals surface area contributed by atoms with Crippen LogP contribution in [0.1, 0.15) is 174 Å². The van der Waals surface area contributed by atoms with Crippen LogP contribution >= 0.6 is 7.82 Å². The van der Waals surface area contributed by atoms with Gasteiger partial charge in [-0.25, -0.2) is 4.57 Å². The van der Waals surface area contributed by atoms with E-state index in [1.54, 1.807) is 0 Å². The highest BCUT2D eigenvalue weighted by Gasteiger charge is 2.25. The van der Waals surface area contributed by atoms with Crippen molar-refractivity contribution in [3.63, 3.8) is 0 Å². The van der Waals surface area contributed by atoms with Gasteiger partial charge in [-0.15, -0.1) is 0 Å². The van der Waals surface area contributed by atoms with E-state index in [4.69, 9.17) is 24.3 Å². The molecule has 0 rings (SSSR count). The van der Waals surface area contributed by atoms with Crippen LogP contribution in [0.25, 0.3) is 0 Å². The molecule has 3 N–H and O–H groups in total. The molecule has 0 saturated heterocycles. The Hall–Kier alpha value is -1.77. The van der Waals surface area contributed by atoms with E-state index in [0.717, 1.165) is 77.0 Å². The minimum absolute atomic E-state index is 0.0505. The predicted molar refractivity (Wildman–Crippen MR) is 206 cm³/mol. The Morgan fingerprint density at radius 3 is 1.54 bits per heavy atom. The summed E-state index contributed by atoms with van der Waals surface area (Å²) in [6.45, 7) is 3.65. The first-order valence-electron chi connectivity index (χ1n) is 20.0. The lowest BCUT2D eigenvalue weighted by atomic mass is 10.1. The third kappa shape index (κ3) is 36.0. The molecule has 0 aromatic heterocycles. The van der Waals surface area contributed by atoms with Gasteiger partial charge in [0.2, 0.25) is 0 Å². The molecular formula is C40H74NO8P. The van der Waals surface area contributed by atoms with Gasteiger partial charge >= 0.3 is 19.8 Å². The van der Waals surface area contributed by atoms with E-state index in [9.17, 15) is 19.0 Å². The molecular weight excluding hydrogens is 653 g/mol. The van der Waals surface area contributed by atoms with Gasteiger partial charge in [0, 0.05) is 19.4 Å². The number of phosphoric ester groups is 1. The summed E-state index contributed by atoms with van der Waals surface area (Å²) in [5.41, 5.74) is 5.33. The standard InChI is InChI=1S/C40H74NO8P/c1-3-5-7-9-11-13-15-17-18-19-20-21-23-24-26-28-30-32-39(42)46-36-38(37-48-50(44,45)47-35-34-41)49-40(43)33-31-29-27-25-22-16-14-12-10-8-6-4-2/h11-14,17-18,38H,3-10,15-16,19-37,41H2,1-2H3,(H,44,45)/b13-11+,14-12+,18-17+/t38-/m0/s1. The van der Waals surface area contributed by atoms with E-state index in [-0.39, 0.29) is 32.6 Å². The van der Waals surface area contributed by atoms with Crippen molar-refractivity contribution in [3.05, 3.63) is 36.5 Å². The van der Waals surface area contributed by atoms with Crippen LogP contribution in [-0.2, 0) is 32.7 Å². The molecule has 0 radical (unpaired) electrons. The fourth-order valence-electron chi connectivity index (χ4n) is 5.25. The molecule has 0 bridgehead atoms. The van der Waals surface area contributed by atoms with Crippen molar-refractivity contribution in [2.75, 3.05) is 26.4 Å². The van der Waals surface area contributed by atoms with Crippen molar-refractivity contribution in [2.45, 2.75) is 180 Å². The average Bonchev–Trinajstić information content (AvgIpc) is 3.10. The average molecular weight is 728 g/mol. The molecule has 0 heterocycles. The molecule has 2 atom stereocenters. The number of phosphoric acid groups is 1. The number of allylic oxidation sites excluding steroid dienone is 6. The van der Waals surface area contributed by atoms with Crippen LogP contribution < -0.4 is 5.73 Å². The highest BCUT2D eigenvalue weighted by molar-refractivity contribution is 7.47. The van der Waals surface area contributed by atoms with Crippen LogP contribution in [0, 0.1) is 0 Å². The molecule has 9 nitrogen and oxygen atoms in total. The second kappa shape index (κ2) is 37.0. The number of carbonyl (C=O) groups is 2. The van der Waals surface area contributed by atoms with E-state index in [1.165, 1.54) is 64.2 Å². The van der Waals surface area contributed by atoms with E-state index in [1.807, 2.05) is 0 Å². The lowest BCUT2D eigenvalue weighted by molar-refractivity contribution is -0.161. The second-order valence-electron chi connectivity index (χ2n) is 13.1. The normalized spacial score (nSPS) is 13.8. The van der Waals surface area contributed by atoms with Gasteiger partial charge in [-0.3, -0.25) is 18.6 Å². The summed E-state index contributed by atoms with van der Waals surface area (Å²) < 4.78 is 32.7. The number of hydrogen-bond acceptors (Lipinski definition) is 8. The first-order chi connectivity index (χ1) is 24.3. The second-order valence-corrected chi connectivity index (χ2v) is 14.6. The van der Waals surface area contributed by atoms with E-state index in [2.05, 4.69) is 50.3 Å². The third-order valence-corrected chi connectivity index (χ3v) is 9.23. The van der Waals surface area contributed by atoms with Gasteiger partial charge in [0.15, 0.2) is 6.10 Å². The Bertz CT molecular complexity index is 923. The van der Waals surface area contributed by atoms with Crippen molar-refractivity contribution in [1.82, 2.24) is 0 Å². The Morgan fingerprint density at radius 2 is 1.04 bits per heavy atom. The third-order valence-electron chi connectivity index (χ3n) is 8.25. The summed E-state index contributed by atoms with van der Waals surface area (Å²) in [5, 5.41) is 0. The number of rotatable bonds is 37. The van der Waals surface area contributed by atoms with Gasteiger partial charge in [-0.05, 0) is 70.6 Å². The highest BCUT2D eigenvalue weighted by Crippen LogP contribution is 2.43. The molecule has 0 fully saturated rings. The molecule has 0 aromatic rings. The zero-order valence-electron chi connectivity index (χ0n) is 31.9. The fourth-order valence-corrected chi connectivity index (χ4v) is 6.01. The number of carbonyl (C=O) groups excluding carboxylic acids is 2. The van der Waals surface area contributed by atoms with Crippen LogP contribution in [0.5, 0.6) is 0 Å². The largest absolute Gasteiger partial charge is 0.472 e. The van der Waals surface area contributed by atoms with Crippen molar-refractivity contribution in [3.8, 4) is 0 Å². The predicted octanol–water partition coefficient (Wildman–Crippen LogP) is 11.0. The molecule has 292 valence electrons. The summed E-state index contributed by atoms with van der Waals surface area (Å²) in [6.07, 6.45) is 38.8. The summed E-state index contributed by atoms with van der Waals surface area (Å²) in [6, 6.07) is 0. The molecule has 0 aliphatic heterocycles. The summed E-state index contributed by atoms with van der Waals surface area (Å²) in [5.74, 6) is -0.849. The minimum atomic E-state index is -4.37. The van der Waals surface area contributed by atoms with Gasteiger partial charge in [-0.2, -0.15) is 0 Å². The van der Waals surface area contributed by atoms with Gasteiger partial charge in [0.25, 0.3) is 0 Å². The minimum Gasteiger partial charge on any atom is -0.462 e. The highest BCUT2D eigenvalue weighted by atomic mass is 31.2. The Labute approximate surface area is 305 Å². The first kappa shape index (κ1) is 48.2. The SMILES string of the molecule is CCCCC/C=C/C/C=C/CCCCCCCCCC(=O)OC[C@@H](COP(=O)(O)OCCN)OC(=O)CCCCCCC/C=C/CCCCC. The first-order valence-corrected chi connectivity index (χ1v) is 21.5. The van der Waals surface area contributed by atoms with E-state index < -0.39 is 32.5 Å². The maximum Gasteiger partial charge on any atom is 0.472 e.